The third-order valence-corrected chi connectivity index (χ3v) is 6.10. The quantitative estimate of drug-likeness (QED) is 0.411. The molecule has 0 saturated carbocycles. The van der Waals surface area contributed by atoms with Crippen LogP contribution in [0.1, 0.15) is 5.69 Å². The van der Waals surface area contributed by atoms with E-state index < -0.39 is 27.5 Å². The average molecular weight is 444 g/mol. The second-order valence-electron chi connectivity index (χ2n) is 6.74. The summed E-state index contributed by atoms with van der Waals surface area (Å²) < 4.78 is 72.8. The van der Waals surface area contributed by atoms with Crippen LogP contribution in [0.3, 0.4) is 0 Å². The van der Waals surface area contributed by atoms with Gasteiger partial charge >= 0.3 is 0 Å². The predicted molar refractivity (Wildman–Crippen MR) is 109 cm³/mol. The first kappa shape index (κ1) is 20.7. The van der Waals surface area contributed by atoms with Gasteiger partial charge in [-0.05, 0) is 47.9 Å². The number of halogens is 3. The van der Waals surface area contributed by atoms with E-state index in [1.54, 1.807) is 43.3 Å². The van der Waals surface area contributed by atoms with Crippen molar-refractivity contribution in [2.45, 2.75) is 11.8 Å². The Morgan fingerprint density at radius 1 is 0.806 bits per heavy atom. The summed E-state index contributed by atoms with van der Waals surface area (Å²) in [5, 5.41) is 3.63. The third kappa shape index (κ3) is 4.04. The zero-order chi connectivity index (χ0) is 22.2. The summed E-state index contributed by atoms with van der Waals surface area (Å²) >= 11 is 0. The lowest BCUT2D eigenvalue weighted by Crippen LogP contribution is -2.13. The Bertz CT molecular complexity index is 1350. The second kappa shape index (κ2) is 7.92. The van der Waals surface area contributed by atoms with Crippen LogP contribution in [0.25, 0.3) is 22.3 Å². The molecule has 0 spiro atoms. The molecule has 31 heavy (non-hydrogen) atoms. The van der Waals surface area contributed by atoms with Crippen molar-refractivity contribution in [3.05, 3.63) is 90.1 Å². The molecular weight excluding hydrogens is 429 g/mol. The molecule has 5 nitrogen and oxygen atoms in total. The molecule has 0 unspecified atom stereocenters. The van der Waals surface area contributed by atoms with E-state index in [0.29, 0.717) is 11.3 Å². The smallest absolute Gasteiger partial charge is 0.262 e. The number of benzene rings is 3. The number of hydrogen-bond donors (Lipinski definition) is 1. The lowest BCUT2D eigenvalue weighted by molar-refractivity contribution is 0.415. The van der Waals surface area contributed by atoms with Gasteiger partial charge in [0.15, 0.2) is 17.5 Å². The van der Waals surface area contributed by atoms with E-state index in [9.17, 15) is 21.6 Å². The molecule has 1 aromatic heterocycles. The van der Waals surface area contributed by atoms with Gasteiger partial charge in [0.2, 0.25) is 0 Å². The molecule has 0 atom stereocenters. The van der Waals surface area contributed by atoms with Crippen LogP contribution in [-0.2, 0) is 10.0 Å². The van der Waals surface area contributed by atoms with Gasteiger partial charge in [0, 0.05) is 5.56 Å². The van der Waals surface area contributed by atoms with E-state index in [4.69, 9.17) is 4.52 Å². The minimum atomic E-state index is -3.82. The van der Waals surface area contributed by atoms with Gasteiger partial charge in [-0.3, -0.25) is 4.72 Å². The van der Waals surface area contributed by atoms with Crippen molar-refractivity contribution in [1.29, 1.82) is 0 Å². The molecule has 0 amide bonds. The van der Waals surface area contributed by atoms with Crippen molar-refractivity contribution in [2.24, 2.45) is 0 Å². The normalized spacial score (nSPS) is 11.5. The van der Waals surface area contributed by atoms with E-state index in [1.807, 2.05) is 0 Å². The summed E-state index contributed by atoms with van der Waals surface area (Å²) in [4.78, 5) is 0.0531. The molecule has 0 bridgehead atoms. The Balaban J connectivity index is 1.57. The first-order valence-electron chi connectivity index (χ1n) is 9.04. The molecule has 3 aromatic carbocycles. The maximum absolute atomic E-state index is 14.0. The van der Waals surface area contributed by atoms with Crippen molar-refractivity contribution < 1.29 is 26.1 Å². The van der Waals surface area contributed by atoms with Crippen molar-refractivity contribution in [3.8, 4) is 22.3 Å². The number of aryl methyl sites for hydroxylation is 1. The van der Waals surface area contributed by atoms with Gasteiger partial charge in [0.1, 0.15) is 17.6 Å². The summed E-state index contributed by atoms with van der Waals surface area (Å²) in [6.45, 7) is 1.61. The van der Waals surface area contributed by atoms with Crippen molar-refractivity contribution in [3.63, 3.8) is 0 Å². The first-order valence-corrected chi connectivity index (χ1v) is 10.5. The summed E-state index contributed by atoms with van der Waals surface area (Å²) in [7, 11) is -3.82. The fourth-order valence-electron chi connectivity index (χ4n) is 3.01. The van der Waals surface area contributed by atoms with Crippen LogP contribution in [0.4, 0.5) is 18.9 Å². The van der Waals surface area contributed by atoms with Crippen LogP contribution < -0.4 is 4.72 Å². The highest BCUT2D eigenvalue weighted by Gasteiger charge is 2.17. The topological polar surface area (TPSA) is 72.2 Å². The fourth-order valence-corrected chi connectivity index (χ4v) is 4.11. The van der Waals surface area contributed by atoms with E-state index in [1.165, 1.54) is 24.5 Å². The minimum absolute atomic E-state index is 0.0531. The highest BCUT2D eigenvalue weighted by molar-refractivity contribution is 7.92. The van der Waals surface area contributed by atoms with Gasteiger partial charge in [0.05, 0.1) is 4.90 Å². The molecule has 0 radical (unpaired) electrons. The number of nitrogens with zero attached hydrogens (tertiary/aromatic N) is 1. The largest absolute Gasteiger partial charge is 0.362 e. The van der Waals surface area contributed by atoms with Crippen LogP contribution in [0.15, 0.2) is 76.3 Å². The summed E-state index contributed by atoms with van der Waals surface area (Å²) in [5.74, 6) is -4.02. The Labute approximate surface area is 176 Å². The lowest BCUT2D eigenvalue weighted by Gasteiger charge is -2.09. The van der Waals surface area contributed by atoms with E-state index >= 15 is 0 Å². The van der Waals surface area contributed by atoms with Crippen LogP contribution >= 0.6 is 0 Å². The van der Waals surface area contributed by atoms with Crippen LogP contribution in [0.2, 0.25) is 0 Å². The SMILES string of the molecule is Cc1nocc1NS(=O)(=O)c1ccc(-c2ccc(-c3ccc(F)c(F)c3F)cc2)cc1. The van der Waals surface area contributed by atoms with Gasteiger partial charge in [-0.1, -0.05) is 41.6 Å². The van der Waals surface area contributed by atoms with E-state index in [0.717, 1.165) is 17.2 Å². The van der Waals surface area contributed by atoms with E-state index in [-0.39, 0.29) is 16.1 Å². The molecular formula is C22H15F3N2O3S. The lowest BCUT2D eigenvalue weighted by atomic mass is 10.00. The highest BCUT2D eigenvalue weighted by atomic mass is 32.2. The molecule has 4 rings (SSSR count). The Morgan fingerprint density at radius 2 is 1.39 bits per heavy atom. The Kier molecular flexibility index (Phi) is 5.28. The second-order valence-corrected chi connectivity index (χ2v) is 8.43. The minimum Gasteiger partial charge on any atom is -0.362 e. The monoisotopic (exact) mass is 444 g/mol. The zero-order valence-corrected chi connectivity index (χ0v) is 16.9. The number of hydrogen-bond acceptors (Lipinski definition) is 4. The molecule has 0 aliphatic rings. The molecule has 0 saturated heterocycles. The Hall–Kier alpha value is -3.59. The van der Waals surface area contributed by atoms with Crippen molar-refractivity contribution in [2.75, 3.05) is 4.72 Å². The average Bonchev–Trinajstić information content (AvgIpc) is 3.16. The van der Waals surface area contributed by atoms with Crippen molar-refractivity contribution in [1.82, 2.24) is 5.16 Å². The molecule has 1 heterocycles. The van der Waals surface area contributed by atoms with Crippen molar-refractivity contribution >= 4 is 15.7 Å². The van der Waals surface area contributed by atoms with Crippen LogP contribution in [0, 0.1) is 24.4 Å². The number of anilines is 1. The van der Waals surface area contributed by atoms with Crippen LogP contribution in [0.5, 0.6) is 0 Å². The highest BCUT2D eigenvalue weighted by Crippen LogP contribution is 2.29. The van der Waals surface area contributed by atoms with Gasteiger partial charge < -0.3 is 4.52 Å². The maximum Gasteiger partial charge on any atom is 0.262 e. The van der Waals surface area contributed by atoms with E-state index in [2.05, 4.69) is 9.88 Å². The molecule has 0 aliphatic heterocycles. The molecule has 9 heteroatoms. The Morgan fingerprint density at radius 3 is 1.97 bits per heavy atom. The first-order chi connectivity index (χ1) is 14.8. The van der Waals surface area contributed by atoms with Crippen LogP contribution in [-0.4, -0.2) is 13.6 Å². The number of rotatable bonds is 5. The van der Waals surface area contributed by atoms with Gasteiger partial charge in [-0.2, -0.15) is 0 Å². The van der Waals surface area contributed by atoms with Gasteiger partial charge in [-0.15, -0.1) is 0 Å². The summed E-state index contributed by atoms with van der Waals surface area (Å²) in [6.07, 6.45) is 1.21. The number of aromatic nitrogens is 1. The molecule has 158 valence electrons. The molecule has 1 N–H and O–H groups in total. The summed E-state index contributed by atoms with van der Waals surface area (Å²) in [6, 6.07) is 14.7. The molecule has 0 fully saturated rings. The fraction of sp³-hybridized carbons (Fsp3) is 0.0455. The maximum atomic E-state index is 14.0. The molecule has 0 aliphatic carbocycles. The molecule has 4 aromatic rings. The summed E-state index contributed by atoms with van der Waals surface area (Å²) in [5.41, 5.74) is 2.45. The number of nitrogens with one attached hydrogen (secondary N) is 1. The zero-order valence-electron chi connectivity index (χ0n) is 16.1. The predicted octanol–water partition coefficient (Wildman–Crippen LogP) is 5.54. The third-order valence-electron chi connectivity index (χ3n) is 4.72. The number of sulfonamides is 1. The standard InChI is InChI=1S/C22H15F3N2O3S/c1-13-20(12-30-26-13)27-31(28,29)17-8-6-15(7-9-17)14-2-4-16(5-3-14)18-10-11-19(23)22(25)21(18)24/h2-12,27H,1H3. The van der Waals surface area contributed by atoms with Gasteiger partial charge in [-0.25, -0.2) is 21.6 Å². The van der Waals surface area contributed by atoms with Gasteiger partial charge in [0.25, 0.3) is 10.0 Å².